The summed E-state index contributed by atoms with van der Waals surface area (Å²) in [6.45, 7) is 1.55. The molecule has 1 aromatic heterocycles. The van der Waals surface area contributed by atoms with Gasteiger partial charge in [-0.2, -0.15) is 13.2 Å². The third kappa shape index (κ3) is 3.32. The highest BCUT2D eigenvalue weighted by Crippen LogP contribution is 2.40. The zero-order valence-electron chi connectivity index (χ0n) is 10.8. The molecule has 1 aromatic carbocycles. The smallest absolute Gasteiger partial charge is 0.287 e. The number of rotatable bonds is 3. The normalized spacial score (nSPS) is 12.0. The number of hydrogen-bond acceptors (Lipinski definition) is 2. The van der Waals surface area contributed by atoms with Crippen LogP contribution in [0.25, 0.3) is 5.69 Å². The van der Waals surface area contributed by atoms with E-state index in [1.807, 2.05) is 0 Å². The molecule has 0 saturated heterocycles. The molecule has 0 radical (unpaired) electrons. The maximum atomic E-state index is 12.8. The van der Waals surface area contributed by atoms with E-state index in [0.29, 0.717) is 5.82 Å². The summed E-state index contributed by atoms with van der Waals surface area (Å²) < 4.78 is 52.2. The van der Waals surface area contributed by atoms with Crippen molar-refractivity contribution in [3.8, 4) is 5.69 Å². The van der Waals surface area contributed by atoms with Crippen LogP contribution in [0.2, 0.25) is 15.2 Å². The van der Waals surface area contributed by atoms with Crippen molar-refractivity contribution in [2.45, 2.75) is 18.1 Å². The van der Waals surface area contributed by atoms with Gasteiger partial charge in [0.25, 0.3) is 0 Å². The van der Waals surface area contributed by atoms with E-state index in [-0.39, 0.29) is 25.9 Å². The molecular formula is C12H7Cl3F4N2S. The Morgan fingerprint density at radius 1 is 1.18 bits per heavy atom. The van der Waals surface area contributed by atoms with Gasteiger partial charge in [0.1, 0.15) is 16.9 Å². The van der Waals surface area contributed by atoms with E-state index >= 15 is 0 Å². The molecule has 0 N–H and O–H groups in total. The van der Waals surface area contributed by atoms with Crippen LogP contribution in [0.1, 0.15) is 11.4 Å². The van der Waals surface area contributed by atoms with Gasteiger partial charge in [-0.25, -0.2) is 9.37 Å². The molecule has 0 atom stereocenters. The van der Waals surface area contributed by atoms with E-state index in [9.17, 15) is 17.6 Å². The van der Waals surface area contributed by atoms with Crippen molar-refractivity contribution in [1.29, 1.82) is 0 Å². The number of hydrogen-bond donors (Lipinski definition) is 0. The summed E-state index contributed by atoms with van der Waals surface area (Å²) in [5.41, 5.74) is -0.904. The van der Waals surface area contributed by atoms with Gasteiger partial charge in [0, 0.05) is 0 Å². The third-order valence-electron chi connectivity index (χ3n) is 2.72. The molecule has 0 aliphatic carbocycles. The summed E-state index contributed by atoms with van der Waals surface area (Å²) in [7, 11) is 0. The molecule has 0 spiro atoms. The molecule has 0 amide bonds. The third-order valence-corrected chi connectivity index (χ3v) is 4.43. The Morgan fingerprint density at radius 2 is 1.73 bits per heavy atom. The van der Waals surface area contributed by atoms with Crippen LogP contribution in [0.15, 0.2) is 17.2 Å². The monoisotopic (exact) mass is 392 g/mol. The number of aryl methyl sites for hydroxylation is 1. The van der Waals surface area contributed by atoms with Gasteiger partial charge in [0.2, 0.25) is 0 Å². The lowest BCUT2D eigenvalue weighted by Crippen LogP contribution is -2.07. The van der Waals surface area contributed by atoms with Crippen molar-refractivity contribution in [3.63, 3.8) is 0 Å². The van der Waals surface area contributed by atoms with Crippen molar-refractivity contribution in [2.75, 3.05) is 6.01 Å². The summed E-state index contributed by atoms with van der Waals surface area (Å²) in [4.78, 5) is 3.96. The number of nitrogens with zero attached hydrogens (tertiary/aromatic N) is 2. The van der Waals surface area contributed by atoms with E-state index in [1.165, 1.54) is 4.57 Å². The highest BCUT2D eigenvalue weighted by atomic mass is 35.5. The molecule has 0 bridgehead atoms. The van der Waals surface area contributed by atoms with Crippen LogP contribution in [0.5, 0.6) is 0 Å². The van der Waals surface area contributed by atoms with Gasteiger partial charge >= 0.3 is 6.18 Å². The average Bonchev–Trinajstić information content (AvgIpc) is 2.64. The van der Waals surface area contributed by atoms with Crippen molar-refractivity contribution in [1.82, 2.24) is 9.55 Å². The second-order valence-electron chi connectivity index (χ2n) is 4.13. The molecule has 2 rings (SSSR count). The Labute approximate surface area is 142 Å². The molecule has 22 heavy (non-hydrogen) atoms. The highest BCUT2D eigenvalue weighted by molar-refractivity contribution is 7.99. The van der Waals surface area contributed by atoms with Crippen LogP contribution in [-0.2, 0) is 6.18 Å². The van der Waals surface area contributed by atoms with Gasteiger partial charge in [-0.15, -0.1) is 0 Å². The fourth-order valence-electron chi connectivity index (χ4n) is 1.86. The Kier molecular flexibility index (Phi) is 5.21. The van der Waals surface area contributed by atoms with E-state index in [0.717, 1.165) is 23.9 Å². The van der Waals surface area contributed by atoms with E-state index in [4.69, 9.17) is 34.8 Å². The van der Waals surface area contributed by atoms with Crippen molar-refractivity contribution >= 4 is 46.6 Å². The predicted octanol–water partition coefficient (Wildman–Crippen LogP) is 6.18. The van der Waals surface area contributed by atoms with Crippen LogP contribution in [0.4, 0.5) is 17.6 Å². The first-order chi connectivity index (χ1) is 10.2. The first-order valence-electron chi connectivity index (χ1n) is 5.67. The van der Waals surface area contributed by atoms with Crippen molar-refractivity contribution in [2.24, 2.45) is 0 Å². The zero-order valence-corrected chi connectivity index (χ0v) is 13.9. The lowest BCUT2D eigenvalue weighted by molar-refractivity contribution is -0.137. The minimum atomic E-state index is -4.58. The van der Waals surface area contributed by atoms with E-state index in [1.54, 1.807) is 6.92 Å². The molecule has 10 heteroatoms. The second-order valence-corrected chi connectivity index (χ2v) is 6.20. The lowest BCUT2D eigenvalue weighted by atomic mass is 10.2. The molecule has 0 aliphatic rings. The minimum absolute atomic E-state index is 0.0205. The van der Waals surface area contributed by atoms with Gasteiger partial charge in [-0.3, -0.25) is 4.57 Å². The summed E-state index contributed by atoms with van der Waals surface area (Å²) in [5.74, 6) is 0.324. The minimum Gasteiger partial charge on any atom is -0.287 e. The Bertz CT molecular complexity index is 692. The standard InChI is InChI=1S/C12H7Cl3F4N2S/c1-5-20-10(15)11(22-4-16)21(5)9-7(13)2-6(3-8(9)14)12(17,18)19/h2-3H,4H2,1H3. The molecule has 0 unspecified atom stereocenters. The summed E-state index contributed by atoms with van der Waals surface area (Å²) >= 11 is 18.5. The average molecular weight is 394 g/mol. The SMILES string of the molecule is Cc1nc(Cl)c(SCF)n1-c1c(Cl)cc(C(F)(F)F)cc1Cl. The highest BCUT2D eigenvalue weighted by Gasteiger charge is 2.32. The number of halogens is 7. The van der Waals surface area contributed by atoms with Gasteiger partial charge in [-0.05, 0) is 19.1 Å². The largest absolute Gasteiger partial charge is 0.416 e. The second kappa shape index (κ2) is 6.47. The maximum Gasteiger partial charge on any atom is 0.416 e. The van der Waals surface area contributed by atoms with Gasteiger partial charge < -0.3 is 0 Å². The summed E-state index contributed by atoms with van der Waals surface area (Å²) in [6.07, 6.45) is -4.58. The number of benzene rings is 1. The molecule has 120 valence electrons. The maximum absolute atomic E-state index is 12.8. The van der Waals surface area contributed by atoms with Crippen molar-refractivity contribution < 1.29 is 17.6 Å². The van der Waals surface area contributed by atoms with E-state index < -0.39 is 17.7 Å². The Balaban J connectivity index is 2.69. The fraction of sp³-hybridized carbons (Fsp3) is 0.250. The van der Waals surface area contributed by atoms with Crippen LogP contribution < -0.4 is 0 Å². The van der Waals surface area contributed by atoms with Crippen LogP contribution in [-0.4, -0.2) is 15.6 Å². The fourth-order valence-corrected chi connectivity index (χ4v) is 3.51. The number of aromatic nitrogens is 2. The number of alkyl halides is 4. The molecule has 2 aromatic rings. The van der Waals surface area contributed by atoms with Crippen LogP contribution >= 0.6 is 46.6 Å². The van der Waals surface area contributed by atoms with Crippen LogP contribution in [0, 0.1) is 6.92 Å². The first-order valence-corrected chi connectivity index (χ1v) is 7.79. The number of imidazole rings is 1. The number of thioether (sulfide) groups is 1. The lowest BCUT2D eigenvalue weighted by Gasteiger charge is -2.15. The molecular weight excluding hydrogens is 387 g/mol. The molecule has 2 nitrogen and oxygen atoms in total. The molecule has 0 aliphatic heterocycles. The predicted molar refractivity (Wildman–Crippen MR) is 80.2 cm³/mol. The first kappa shape index (κ1) is 17.7. The molecule has 1 heterocycles. The summed E-state index contributed by atoms with van der Waals surface area (Å²) in [5, 5.41) is -0.243. The van der Waals surface area contributed by atoms with Crippen molar-refractivity contribution in [3.05, 3.63) is 38.7 Å². The van der Waals surface area contributed by atoms with E-state index in [2.05, 4.69) is 4.98 Å². The summed E-state index contributed by atoms with van der Waals surface area (Å²) in [6, 6.07) is 0.709. The van der Waals surface area contributed by atoms with Crippen LogP contribution in [0.3, 0.4) is 0 Å². The quantitative estimate of drug-likeness (QED) is 0.458. The Hall–Kier alpha value is -0.630. The van der Waals surface area contributed by atoms with Gasteiger partial charge in [0.15, 0.2) is 5.15 Å². The zero-order chi connectivity index (χ0) is 16.7. The molecule has 0 saturated carbocycles. The van der Waals surface area contributed by atoms with Gasteiger partial charge in [0.05, 0.1) is 21.3 Å². The molecule has 0 fully saturated rings. The Morgan fingerprint density at radius 3 is 2.18 bits per heavy atom. The topological polar surface area (TPSA) is 17.8 Å². The van der Waals surface area contributed by atoms with Gasteiger partial charge in [-0.1, -0.05) is 46.6 Å².